The van der Waals surface area contributed by atoms with Crippen molar-refractivity contribution >= 4 is 57.0 Å². The van der Waals surface area contributed by atoms with Crippen molar-refractivity contribution in [3.05, 3.63) is 44.2 Å². The first-order chi connectivity index (χ1) is 15.2. The summed E-state index contributed by atoms with van der Waals surface area (Å²) in [5.41, 5.74) is 1.62. The van der Waals surface area contributed by atoms with E-state index in [4.69, 9.17) is 58.8 Å². The number of halogens is 3. The zero-order valence-electron chi connectivity index (χ0n) is 17.9. The number of thiophene rings is 1. The summed E-state index contributed by atoms with van der Waals surface area (Å²) in [6, 6.07) is 5.67. The van der Waals surface area contributed by atoms with E-state index in [-0.39, 0.29) is 12.7 Å². The molecule has 6 nitrogen and oxygen atoms in total. The van der Waals surface area contributed by atoms with Crippen molar-refractivity contribution in [3.63, 3.8) is 0 Å². The van der Waals surface area contributed by atoms with Crippen LogP contribution in [0.3, 0.4) is 0 Å². The quantitative estimate of drug-likeness (QED) is 0.285. The molecule has 0 bridgehead atoms. The van der Waals surface area contributed by atoms with Crippen LogP contribution in [0.4, 0.5) is 0 Å². The third kappa shape index (κ3) is 3.50. The van der Waals surface area contributed by atoms with Gasteiger partial charge in [-0.15, -0.1) is 0 Å². The van der Waals surface area contributed by atoms with E-state index < -0.39 is 23.7 Å². The van der Waals surface area contributed by atoms with E-state index in [9.17, 15) is 0 Å². The predicted molar refractivity (Wildman–Crippen MR) is 126 cm³/mol. The Labute approximate surface area is 204 Å². The zero-order valence-corrected chi connectivity index (χ0v) is 20.9. The minimum absolute atomic E-state index is 0.174. The van der Waals surface area contributed by atoms with E-state index in [1.165, 1.54) is 7.11 Å². The van der Waals surface area contributed by atoms with E-state index >= 15 is 0 Å². The van der Waals surface area contributed by atoms with Crippen molar-refractivity contribution in [1.82, 2.24) is 4.57 Å². The molecule has 0 saturated carbocycles. The number of aromatic nitrogens is 1. The van der Waals surface area contributed by atoms with Gasteiger partial charge in [0.25, 0.3) is 0 Å². The van der Waals surface area contributed by atoms with Gasteiger partial charge in [0, 0.05) is 10.9 Å². The summed E-state index contributed by atoms with van der Waals surface area (Å²) < 4.78 is 21.0. The van der Waals surface area contributed by atoms with Crippen LogP contribution in [0.15, 0.2) is 29.0 Å². The molecule has 0 radical (unpaired) electrons. The molecule has 2 aliphatic heterocycles. The molecule has 0 spiro atoms. The van der Waals surface area contributed by atoms with Crippen LogP contribution >= 0.6 is 46.1 Å². The van der Waals surface area contributed by atoms with Gasteiger partial charge in [-0.2, -0.15) is 11.3 Å². The van der Waals surface area contributed by atoms with E-state index in [0.29, 0.717) is 15.2 Å². The first-order valence-electron chi connectivity index (χ1n) is 10.1. The lowest BCUT2D eigenvalue weighted by Crippen LogP contribution is -2.43. The van der Waals surface area contributed by atoms with Crippen molar-refractivity contribution in [2.45, 2.75) is 50.6 Å². The molecule has 1 aromatic carbocycles. The molecule has 10 heteroatoms. The van der Waals surface area contributed by atoms with Gasteiger partial charge in [-0.25, -0.2) is 9.78 Å². The highest BCUT2D eigenvalue weighted by molar-refractivity contribution is 7.08. The summed E-state index contributed by atoms with van der Waals surface area (Å²) in [6.07, 6.45) is -1.28. The molecule has 0 aliphatic carbocycles. The van der Waals surface area contributed by atoms with Crippen LogP contribution in [0, 0.1) is 0 Å². The summed E-state index contributed by atoms with van der Waals surface area (Å²) >= 11 is 21.5. The fourth-order valence-corrected chi connectivity index (χ4v) is 6.16. The van der Waals surface area contributed by atoms with E-state index in [2.05, 4.69) is 0 Å². The van der Waals surface area contributed by atoms with Gasteiger partial charge in [0.05, 0.1) is 22.7 Å². The van der Waals surface area contributed by atoms with Crippen LogP contribution in [0.5, 0.6) is 0 Å². The molecule has 172 valence electrons. The monoisotopic (exact) mass is 517 g/mol. The van der Waals surface area contributed by atoms with Gasteiger partial charge in [-0.05, 0) is 55.3 Å². The minimum Gasteiger partial charge on any atom is -0.344 e. The van der Waals surface area contributed by atoms with Crippen LogP contribution in [-0.2, 0) is 29.7 Å². The van der Waals surface area contributed by atoms with Gasteiger partial charge in [-0.3, -0.25) is 4.57 Å². The Balaban J connectivity index is 1.73. The van der Waals surface area contributed by atoms with Gasteiger partial charge in [-0.1, -0.05) is 34.8 Å². The van der Waals surface area contributed by atoms with E-state index in [1.54, 1.807) is 11.3 Å². The SMILES string of the molecule is COOC[C@H]1O[C@@](C)(n2c(Cl)c(-c3ccsc3)c3cc(Cl)c(Cl)cc32)[C@@H]2OC(C)(C)O[C@@H]21. The minimum atomic E-state index is -1.01. The van der Waals surface area contributed by atoms with E-state index in [0.717, 1.165) is 22.0 Å². The Kier molecular flexibility index (Phi) is 5.81. The number of benzene rings is 1. The third-order valence-corrected chi connectivity index (χ3v) is 7.73. The van der Waals surface area contributed by atoms with Gasteiger partial charge in [0.1, 0.15) is 30.1 Å². The van der Waals surface area contributed by atoms with E-state index in [1.807, 2.05) is 54.3 Å². The van der Waals surface area contributed by atoms with Crippen molar-refractivity contribution in [3.8, 4) is 11.1 Å². The maximum atomic E-state index is 7.08. The molecular weight excluding hydrogens is 497 g/mol. The Hall–Kier alpha value is -0.870. The second-order valence-corrected chi connectivity index (χ2v) is 10.4. The molecule has 2 fully saturated rings. The second kappa shape index (κ2) is 8.12. The predicted octanol–water partition coefficient (Wildman–Crippen LogP) is 6.50. The van der Waals surface area contributed by atoms with Crippen molar-refractivity contribution < 1.29 is 24.0 Å². The molecule has 2 saturated heterocycles. The van der Waals surface area contributed by atoms with Crippen LogP contribution in [0.25, 0.3) is 22.0 Å². The lowest BCUT2D eigenvalue weighted by molar-refractivity contribution is -0.302. The molecule has 2 aromatic heterocycles. The molecule has 5 rings (SSSR count). The summed E-state index contributed by atoms with van der Waals surface area (Å²) in [7, 11) is 1.46. The van der Waals surface area contributed by atoms with Gasteiger partial charge in [0.2, 0.25) is 0 Å². The number of hydrogen-bond acceptors (Lipinski definition) is 6. The Bertz CT molecular complexity index is 1160. The van der Waals surface area contributed by atoms with Gasteiger partial charge < -0.3 is 14.2 Å². The maximum absolute atomic E-state index is 7.08. The van der Waals surface area contributed by atoms with Gasteiger partial charge in [0.15, 0.2) is 11.5 Å². The third-order valence-electron chi connectivity index (χ3n) is 5.97. The topological polar surface area (TPSA) is 51.1 Å². The highest BCUT2D eigenvalue weighted by Crippen LogP contribution is 2.52. The van der Waals surface area contributed by atoms with Crippen LogP contribution < -0.4 is 0 Å². The smallest absolute Gasteiger partial charge is 0.172 e. The number of rotatable bonds is 5. The Morgan fingerprint density at radius 2 is 1.84 bits per heavy atom. The fraction of sp³-hybridized carbons (Fsp3) is 0.455. The van der Waals surface area contributed by atoms with Crippen molar-refractivity contribution in [1.29, 1.82) is 0 Å². The number of hydrogen-bond donors (Lipinski definition) is 0. The number of fused-ring (bicyclic) bond motifs is 2. The van der Waals surface area contributed by atoms with Crippen LogP contribution in [0.1, 0.15) is 20.8 Å². The molecule has 0 unspecified atom stereocenters. The first-order valence-corrected chi connectivity index (χ1v) is 12.1. The first kappa shape index (κ1) is 22.9. The maximum Gasteiger partial charge on any atom is 0.172 e. The summed E-state index contributed by atoms with van der Waals surface area (Å²) in [5.74, 6) is -0.793. The molecule has 4 atom stereocenters. The molecule has 4 heterocycles. The summed E-state index contributed by atoms with van der Waals surface area (Å²) in [4.78, 5) is 10.0. The summed E-state index contributed by atoms with van der Waals surface area (Å²) in [6.45, 7) is 5.87. The summed E-state index contributed by atoms with van der Waals surface area (Å²) in [5, 5.41) is 6.30. The highest BCUT2D eigenvalue weighted by Gasteiger charge is 2.62. The lowest BCUT2D eigenvalue weighted by Gasteiger charge is -2.34. The zero-order chi connectivity index (χ0) is 22.8. The highest BCUT2D eigenvalue weighted by atomic mass is 35.5. The average Bonchev–Trinajstić information content (AvgIpc) is 3.46. The van der Waals surface area contributed by atoms with Crippen molar-refractivity contribution in [2.75, 3.05) is 13.7 Å². The fourth-order valence-electron chi connectivity index (χ4n) is 4.73. The average molecular weight is 519 g/mol. The second-order valence-electron chi connectivity index (χ2n) is 8.48. The standard InChI is InChI=1S/C22H22Cl3NO5S/c1-21(2)30-18-16(9-28-27-4)29-22(3,19(18)31-21)26-15-8-14(24)13(23)7-12(15)17(20(26)25)11-5-6-32-10-11/h5-8,10,16,18-19H,9H2,1-4H3/t16-,18-,19-,22-/m1/s1. The Morgan fingerprint density at radius 3 is 2.53 bits per heavy atom. The molecular formula is C22H22Cl3NO5S. The number of ether oxygens (including phenoxy) is 3. The molecule has 32 heavy (non-hydrogen) atoms. The molecule has 0 amide bonds. The van der Waals surface area contributed by atoms with Crippen LogP contribution in [-0.4, -0.2) is 42.4 Å². The molecule has 3 aromatic rings. The van der Waals surface area contributed by atoms with Crippen LogP contribution in [0.2, 0.25) is 15.2 Å². The largest absolute Gasteiger partial charge is 0.344 e. The Morgan fingerprint density at radius 1 is 1.09 bits per heavy atom. The molecule has 2 aliphatic rings. The van der Waals surface area contributed by atoms with Gasteiger partial charge >= 0.3 is 0 Å². The van der Waals surface area contributed by atoms with Crippen molar-refractivity contribution in [2.24, 2.45) is 0 Å². The lowest BCUT2D eigenvalue weighted by atomic mass is 10.0. The number of nitrogens with zero attached hydrogens (tertiary/aromatic N) is 1. The normalized spacial score (nSPS) is 29.2. The molecule has 0 N–H and O–H groups in total.